The zero-order chi connectivity index (χ0) is 28.5. The second-order valence-corrected chi connectivity index (χ2v) is 11.2. The highest BCUT2D eigenvalue weighted by molar-refractivity contribution is 6.10. The van der Waals surface area contributed by atoms with Gasteiger partial charge in [0, 0.05) is 40.1 Å². The molecule has 0 bridgehead atoms. The van der Waals surface area contributed by atoms with Gasteiger partial charge in [-0.1, -0.05) is 99.5 Å². The first-order valence-electron chi connectivity index (χ1n) is 15.1. The first kappa shape index (κ1) is 26.0. The lowest BCUT2D eigenvalue weighted by Crippen LogP contribution is -2.01. The van der Waals surface area contributed by atoms with Gasteiger partial charge in [0.15, 0.2) is 0 Å². The van der Waals surface area contributed by atoms with Crippen LogP contribution in [-0.2, 0) is 6.42 Å². The smallest absolute Gasteiger partial charge is 0.144 e. The topological polar surface area (TPSA) is 22.8 Å². The molecule has 7 rings (SSSR count). The van der Waals surface area contributed by atoms with E-state index >= 15 is 0 Å². The summed E-state index contributed by atoms with van der Waals surface area (Å²) in [5.41, 5.74) is 9.70. The Morgan fingerprint density at radius 2 is 1.33 bits per heavy atom. The van der Waals surface area contributed by atoms with E-state index in [0.29, 0.717) is 0 Å². The van der Waals surface area contributed by atoms with Crippen molar-refractivity contribution in [2.24, 2.45) is 5.92 Å². The van der Waals surface area contributed by atoms with Crippen LogP contribution in [0.3, 0.4) is 0 Å². The number of benzene rings is 5. The summed E-state index contributed by atoms with van der Waals surface area (Å²) in [5, 5.41) is 2.47. The highest BCUT2D eigenvalue weighted by atomic mass is 15.1. The number of hydrogen-bond donors (Lipinski definition) is 0. The van der Waals surface area contributed by atoms with Gasteiger partial charge in [-0.2, -0.15) is 0 Å². The Morgan fingerprint density at radius 1 is 0.595 bits per heavy atom. The molecule has 206 valence electrons. The minimum atomic E-state index is 0.747. The summed E-state index contributed by atoms with van der Waals surface area (Å²) in [6.07, 6.45) is 7.54. The van der Waals surface area contributed by atoms with E-state index in [1.807, 2.05) is 6.20 Å². The predicted molar refractivity (Wildman–Crippen MR) is 177 cm³/mol. The van der Waals surface area contributed by atoms with E-state index in [9.17, 15) is 0 Å². The van der Waals surface area contributed by atoms with Gasteiger partial charge in [0.1, 0.15) is 5.82 Å². The number of nitrogens with zero attached hydrogens (tertiary/aromatic N) is 3. The lowest BCUT2D eigenvalue weighted by Gasteiger charge is -2.13. The minimum Gasteiger partial charge on any atom is -0.309 e. The average molecular weight is 546 g/mol. The third-order valence-corrected chi connectivity index (χ3v) is 8.67. The van der Waals surface area contributed by atoms with Crippen molar-refractivity contribution in [3.8, 4) is 33.9 Å². The van der Waals surface area contributed by atoms with Crippen LogP contribution in [0.1, 0.15) is 32.3 Å². The summed E-state index contributed by atoms with van der Waals surface area (Å²) in [6.45, 7) is 4.59. The molecule has 0 unspecified atom stereocenters. The molecule has 2 aromatic heterocycles. The zero-order valence-electron chi connectivity index (χ0n) is 24.2. The SMILES string of the molecule is CCC(CC)Cc1cccc(-c2ccc(-n3ccnc3-c3ccc4c(c3)c3ccccc3n4-c3ccccc3)cc2)c1. The largest absolute Gasteiger partial charge is 0.309 e. The Balaban J connectivity index is 1.24. The summed E-state index contributed by atoms with van der Waals surface area (Å²) in [5.74, 6) is 1.68. The van der Waals surface area contributed by atoms with Crippen molar-refractivity contribution in [1.82, 2.24) is 14.1 Å². The van der Waals surface area contributed by atoms with E-state index in [-0.39, 0.29) is 0 Å². The van der Waals surface area contributed by atoms with Crippen molar-refractivity contribution in [3.05, 3.63) is 139 Å². The van der Waals surface area contributed by atoms with Gasteiger partial charge in [-0.15, -0.1) is 0 Å². The van der Waals surface area contributed by atoms with Crippen molar-refractivity contribution in [3.63, 3.8) is 0 Å². The lowest BCUT2D eigenvalue weighted by molar-refractivity contribution is 0.490. The Bertz CT molecular complexity index is 1970. The van der Waals surface area contributed by atoms with Gasteiger partial charge in [0.05, 0.1) is 11.0 Å². The fourth-order valence-electron chi connectivity index (χ4n) is 6.30. The number of hydrogen-bond acceptors (Lipinski definition) is 1. The molecule has 0 aliphatic heterocycles. The molecule has 0 aliphatic carbocycles. The minimum absolute atomic E-state index is 0.747. The molecule has 0 N–H and O–H groups in total. The van der Waals surface area contributed by atoms with Crippen molar-refractivity contribution in [1.29, 1.82) is 0 Å². The van der Waals surface area contributed by atoms with E-state index in [0.717, 1.165) is 29.4 Å². The second kappa shape index (κ2) is 11.2. The molecule has 7 aromatic rings. The van der Waals surface area contributed by atoms with Gasteiger partial charge in [-0.25, -0.2) is 4.98 Å². The molecule has 0 saturated carbocycles. The molecule has 42 heavy (non-hydrogen) atoms. The number of imidazole rings is 1. The Labute approximate surface area is 247 Å². The van der Waals surface area contributed by atoms with E-state index in [2.05, 4.69) is 151 Å². The van der Waals surface area contributed by atoms with Crippen LogP contribution in [0.15, 0.2) is 134 Å². The van der Waals surface area contributed by atoms with Crippen LogP contribution in [0.4, 0.5) is 0 Å². The van der Waals surface area contributed by atoms with Gasteiger partial charge >= 0.3 is 0 Å². The van der Waals surface area contributed by atoms with Gasteiger partial charge in [-0.3, -0.25) is 4.57 Å². The van der Waals surface area contributed by atoms with E-state index in [4.69, 9.17) is 4.98 Å². The van der Waals surface area contributed by atoms with Crippen LogP contribution in [0, 0.1) is 5.92 Å². The van der Waals surface area contributed by atoms with Crippen LogP contribution < -0.4 is 0 Å². The van der Waals surface area contributed by atoms with Crippen LogP contribution in [0.25, 0.3) is 55.7 Å². The maximum absolute atomic E-state index is 4.81. The Morgan fingerprint density at radius 3 is 2.14 bits per heavy atom. The Kier molecular flexibility index (Phi) is 6.93. The normalized spacial score (nSPS) is 11.6. The van der Waals surface area contributed by atoms with Crippen LogP contribution in [-0.4, -0.2) is 14.1 Å². The summed E-state index contributed by atoms with van der Waals surface area (Å²) >= 11 is 0. The van der Waals surface area contributed by atoms with Gasteiger partial charge < -0.3 is 4.57 Å². The molecular weight excluding hydrogens is 510 g/mol. The molecule has 2 heterocycles. The van der Waals surface area contributed by atoms with Crippen molar-refractivity contribution in [2.45, 2.75) is 33.1 Å². The van der Waals surface area contributed by atoms with E-state index in [1.54, 1.807) is 0 Å². The zero-order valence-corrected chi connectivity index (χ0v) is 24.2. The first-order valence-corrected chi connectivity index (χ1v) is 15.1. The quantitative estimate of drug-likeness (QED) is 0.186. The molecule has 0 fully saturated rings. The fraction of sp³-hybridized carbons (Fsp3) is 0.154. The van der Waals surface area contributed by atoms with Gasteiger partial charge in [-0.05, 0) is 77.6 Å². The molecule has 3 nitrogen and oxygen atoms in total. The molecule has 0 radical (unpaired) electrons. The fourth-order valence-corrected chi connectivity index (χ4v) is 6.30. The van der Waals surface area contributed by atoms with Gasteiger partial charge in [0.25, 0.3) is 0 Å². The predicted octanol–water partition coefficient (Wildman–Crippen LogP) is 10.3. The Hall–Kier alpha value is -4.89. The molecular formula is C39H35N3. The molecule has 0 aliphatic rings. The van der Waals surface area contributed by atoms with Crippen LogP contribution in [0.2, 0.25) is 0 Å². The lowest BCUT2D eigenvalue weighted by atomic mass is 9.93. The van der Waals surface area contributed by atoms with Crippen molar-refractivity contribution in [2.75, 3.05) is 0 Å². The average Bonchev–Trinajstić information content (AvgIpc) is 3.67. The van der Waals surface area contributed by atoms with Crippen molar-refractivity contribution < 1.29 is 0 Å². The highest BCUT2D eigenvalue weighted by Gasteiger charge is 2.15. The van der Waals surface area contributed by atoms with E-state index < -0.39 is 0 Å². The maximum Gasteiger partial charge on any atom is 0.144 e. The molecule has 0 saturated heterocycles. The third kappa shape index (κ3) is 4.71. The first-order chi connectivity index (χ1) is 20.7. The third-order valence-electron chi connectivity index (χ3n) is 8.67. The second-order valence-electron chi connectivity index (χ2n) is 11.2. The number of aromatic nitrogens is 3. The molecule has 3 heteroatoms. The molecule has 0 amide bonds. The number of fused-ring (bicyclic) bond motifs is 3. The number of rotatable bonds is 8. The van der Waals surface area contributed by atoms with Crippen molar-refractivity contribution >= 4 is 21.8 Å². The standard InChI is InChI=1S/C39H35N3/c1-3-28(4-2)25-29-11-10-12-31(26-29)30-17-20-33(21-18-30)41-24-23-40-39(41)32-19-22-38-36(27-32)35-15-8-9-16-37(35)42(38)34-13-6-5-7-14-34/h5-24,26-28H,3-4,25H2,1-2H3. The monoisotopic (exact) mass is 545 g/mol. The van der Waals surface area contributed by atoms with E-state index in [1.165, 1.54) is 57.0 Å². The van der Waals surface area contributed by atoms with Crippen LogP contribution in [0.5, 0.6) is 0 Å². The molecule has 0 spiro atoms. The summed E-state index contributed by atoms with van der Waals surface area (Å²) in [4.78, 5) is 4.81. The van der Waals surface area contributed by atoms with Crippen LogP contribution >= 0.6 is 0 Å². The maximum atomic E-state index is 4.81. The molecule has 5 aromatic carbocycles. The highest BCUT2D eigenvalue weighted by Crippen LogP contribution is 2.35. The van der Waals surface area contributed by atoms with Gasteiger partial charge in [0.2, 0.25) is 0 Å². The summed E-state index contributed by atoms with van der Waals surface area (Å²) in [6, 6.07) is 43.8. The summed E-state index contributed by atoms with van der Waals surface area (Å²) in [7, 11) is 0. The summed E-state index contributed by atoms with van der Waals surface area (Å²) < 4.78 is 4.53. The number of para-hydroxylation sites is 2. The molecule has 0 atom stereocenters.